The van der Waals surface area contributed by atoms with E-state index in [2.05, 4.69) is 41.3 Å². The van der Waals surface area contributed by atoms with Gasteiger partial charge in [-0.05, 0) is 48.1 Å². The van der Waals surface area contributed by atoms with Crippen LogP contribution in [0.25, 0.3) is 10.9 Å². The zero-order chi connectivity index (χ0) is 22.8. The second-order valence-corrected chi connectivity index (χ2v) is 9.16. The Kier molecular flexibility index (Phi) is 6.15. The van der Waals surface area contributed by atoms with E-state index in [1.807, 2.05) is 18.2 Å². The maximum Gasteiger partial charge on any atom is 0.225 e. The Bertz CT molecular complexity index is 1160. The van der Waals surface area contributed by atoms with Gasteiger partial charge < -0.3 is 15.2 Å². The lowest BCUT2D eigenvalue weighted by Crippen LogP contribution is -2.54. The van der Waals surface area contributed by atoms with Crippen molar-refractivity contribution >= 4 is 16.8 Å². The molecule has 1 spiro atoms. The molecule has 3 aromatic rings. The molecule has 1 fully saturated rings. The summed E-state index contributed by atoms with van der Waals surface area (Å²) < 4.78 is 11.5. The van der Waals surface area contributed by atoms with Crippen LogP contribution in [0.1, 0.15) is 35.2 Å². The molecule has 33 heavy (non-hydrogen) atoms. The SMILES string of the molecule is COCCCc1cc(CN2CCC3(OCc4ccccc43)C(C(N)=O)C2)c2ccccc2n1. The molecule has 2 aliphatic heterocycles. The van der Waals surface area contributed by atoms with E-state index in [0.29, 0.717) is 13.2 Å². The summed E-state index contributed by atoms with van der Waals surface area (Å²) >= 11 is 0. The van der Waals surface area contributed by atoms with E-state index in [1.54, 1.807) is 7.11 Å². The van der Waals surface area contributed by atoms with Crippen LogP contribution in [-0.2, 0) is 39.4 Å². The first-order chi connectivity index (χ1) is 16.1. The average molecular weight is 446 g/mol. The number of rotatable bonds is 7. The molecular weight excluding hydrogens is 414 g/mol. The number of nitrogens with zero attached hydrogens (tertiary/aromatic N) is 2. The maximum atomic E-state index is 12.6. The number of aromatic nitrogens is 1. The first-order valence-corrected chi connectivity index (χ1v) is 11.7. The topological polar surface area (TPSA) is 77.7 Å². The van der Waals surface area contributed by atoms with Gasteiger partial charge in [0.15, 0.2) is 0 Å². The summed E-state index contributed by atoms with van der Waals surface area (Å²) in [5.74, 6) is -0.680. The molecule has 2 unspecified atom stereocenters. The van der Waals surface area contributed by atoms with Crippen LogP contribution in [0.4, 0.5) is 0 Å². The van der Waals surface area contributed by atoms with Crippen molar-refractivity contribution in [2.75, 3.05) is 26.8 Å². The Morgan fingerprint density at radius 3 is 2.91 bits per heavy atom. The zero-order valence-corrected chi connectivity index (χ0v) is 19.1. The van der Waals surface area contributed by atoms with E-state index in [0.717, 1.165) is 66.7 Å². The number of pyridine rings is 1. The van der Waals surface area contributed by atoms with E-state index in [1.165, 1.54) is 5.56 Å². The Labute approximate surface area is 194 Å². The fraction of sp³-hybridized carbons (Fsp3) is 0.407. The molecule has 172 valence electrons. The van der Waals surface area contributed by atoms with Gasteiger partial charge >= 0.3 is 0 Å². The van der Waals surface area contributed by atoms with Gasteiger partial charge in [-0.15, -0.1) is 0 Å². The lowest BCUT2D eigenvalue weighted by atomic mass is 9.75. The van der Waals surface area contributed by atoms with Crippen LogP contribution in [0.3, 0.4) is 0 Å². The first-order valence-electron chi connectivity index (χ1n) is 11.7. The van der Waals surface area contributed by atoms with Gasteiger partial charge in [0.05, 0.1) is 18.0 Å². The van der Waals surface area contributed by atoms with Gasteiger partial charge in [-0.2, -0.15) is 0 Å². The molecule has 1 saturated heterocycles. The van der Waals surface area contributed by atoms with Crippen molar-refractivity contribution < 1.29 is 14.3 Å². The van der Waals surface area contributed by atoms with Crippen molar-refractivity contribution in [2.24, 2.45) is 11.7 Å². The summed E-state index contributed by atoms with van der Waals surface area (Å²) in [7, 11) is 1.73. The van der Waals surface area contributed by atoms with Crippen molar-refractivity contribution in [2.45, 2.75) is 38.0 Å². The van der Waals surface area contributed by atoms with Gasteiger partial charge in [0, 0.05) is 44.4 Å². The fourth-order valence-electron chi connectivity index (χ4n) is 5.50. The number of carbonyl (C=O) groups is 1. The van der Waals surface area contributed by atoms with Gasteiger partial charge in [0.2, 0.25) is 5.91 Å². The standard InChI is InChI=1S/C27H31N3O3/c1-32-14-6-8-21-15-20(22-9-3-5-11-25(22)29-21)16-30-13-12-27(24(17-30)26(28)31)23-10-4-2-7-19(23)18-33-27/h2-5,7,9-11,15,24H,6,8,12-14,16-18H2,1H3,(H2,28,31). The maximum absolute atomic E-state index is 12.6. The van der Waals surface area contributed by atoms with E-state index >= 15 is 0 Å². The summed E-state index contributed by atoms with van der Waals surface area (Å²) in [6.07, 6.45) is 2.57. The molecule has 0 bridgehead atoms. The summed E-state index contributed by atoms with van der Waals surface area (Å²) in [6.45, 7) is 3.44. The van der Waals surface area contributed by atoms with Crippen molar-refractivity contribution in [1.82, 2.24) is 9.88 Å². The lowest BCUT2D eigenvalue weighted by molar-refractivity contribution is -0.151. The Hall–Kier alpha value is -2.80. The predicted octanol–water partition coefficient (Wildman–Crippen LogP) is 3.55. The fourth-order valence-corrected chi connectivity index (χ4v) is 5.50. The molecular formula is C27H31N3O3. The second-order valence-electron chi connectivity index (χ2n) is 9.16. The summed E-state index contributed by atoms with van der Waals surface area (Å²) in [5, 5.41) is 1.16. The van der Waals surface area contributed by atoms with Crippen LogP contribution < -0.4 is 5.73 Å². The van der Waals surface area contributed by atoms with Crippen molar-refractivity contribution in [3.8, 4) is 0 Å². The number of fused-ring (bicyclic) bond motifs is 3. The number of hydrogen-bond acceptors (Lipinski definition) is 5. The highest BCUT2D eigenvalue weighted by Crippen LogP contribution is 2.47. The number of piperidine rings is 1. The first kappa shape index (κ1) is 22.0. The van der Waals surface area contributed by atoms with Crippen LogP contribution in [0, 0.1) is 5.92 Å². The number of amides is 1. The lowest BCUT2D eigenvalue weighted by Gasteiger charge is -2.44. The molecule has 3 heterocycles. The number of carbonyl (C=O) groups excluding carboxylic acids is 1. The molecule has 6 heteroatoms. The molecule has 0 saturated carbocycles. The van der Waals surface area contributed by atoms with Gasteiger partial charge in [0.1, 0.15) is 5.60 Å². The number of likely N-dealkylation sites (tertiary alicyclic amines) is 1. The molecule has 2 aliphatic rings. The third-order valence-electron chi connectivity index (χ3n) is 7.14. The summed E-state index contributed by atoms with van der Waals surface area (Å²) in [5.41, 5.74) is 11.0. The van der Waals surface area contributed by atoms with Crippen LogP contribution in [-0.4, -0.2) is 42.6 Å². The third-order valence-corrected chi connectivity index (χ3v) is 7.14. The molecule has 2 aromatic carbocycles. The quantitative estimate of drug-likeness (QED) is 0.563. The molecule has 0 radical (unpaired) electrons. The molecule has 0 aliphatic carbocycles. The number of aryl methyl sites for hydroxylation is 1. The van der Waals surface area contributed by atoms with E-state index < -0.39 is 5.60 Å². The smallest absolute Gasteiger partial charge is 0.225 e. The van der Waals surface area contributed by atoms with E-state index in [9.17, 15) is 4.79 Å². The number of benzene rings is 2. The number of primary amides is 1. The number of nitrogens with two attached hydrogens (primary N) is 1. The Balaban J connectivity index is 1.41. The summed E-state index contributed by atoms with van der Waals surface area (Å²) in [4.78, 5) is 19.8. The van der Waals surface area contributed by atoms with Crippen LogP contribution in [0.5, 0.6) is 0 Å². The predicted molar refractivity (Wildman–Crippen MR) is 127 cm³/mol. The zero-order valence-electron chi connectivity index (χ0n) is 19.1. The summed E-state index contributed by atoms with van der Waals surface area (Å²) in [6, 6.07) is 18.7. The molecule has 6 nitrogen and oxygen atoms in total. The highest BCUT2D eigenvalue weighted by molar-refractivity contribution is 5.82. The van der Waals surface area contributed by atoms with Gasteiger partial charge in [0.25, 0.3) is 0 Å². The van der Waals surface area contributed by atoms with Crippen LogP contribution in [0.15, 0.2) is 54.6 Å². The molecule has 2 atom stereocenters. The highest BCUT2D eigenvalue weighted by Gasteiger charge is 2.51. The van der Waals surface area contributed by atoms with Crippen molar-refractivity contribution in [1.29, 1.82) is 0 Å². The van der Waals surface area contributed by atoms with E-state index in [-0.39, 0.29) is 11.8 Å². The second kappa shape index (κ2) is 9.21. The largest absolute Gasteiger partial charge is 0.385 e. The van der Waals surface area contributed by atoms with Crippen molar-refractivity contribution in [3.05, 3.63) is 77.0 Å². The van der Waals surface area contributed by atoms with Crippen molar-refractivity contribution in [3.63, 3.8) is 0 Å². The normalized spacial score (nSPS) is 22.6. The Morgan fingerprint density at radius 1 is 1.24 bits per heavy atom. The number of hydrogen-bond donors (Lipinski definition) is 1. The van der Waals surface area contributed by atoms with Crippen LogP contribution >= 0.6 is 0 Å². The van der Waals surface area contributed by atoms with E-state index in [4.69, 9.17) is 20.2 Å². The highest BCUT2D eigenvalue weighted by atomic mass is 16.5. The van der Waals surface area contributed by atoms with Gasteiger partial charge in [-0.1, -0.05) is 42.5 Å². The third kappa shape index (κ3) is 4.14. The number of para-hydroxylation sites is 1. The average Bonchev–Trinajstić information content (AvgIpc) is 3.19. The monoisotopic (exact) mass is 445 g/mol. The molecule has 1 aromatic heterocycles. The van der Waals surface area contributed by atoms with Gasteiger partial charge in [-0.3, -0.25) is 14.7 Å². The number of ether oxygens (including phenoxy) is 2. The number of methoxy groups -OCH3 is 1. The minimum Gasteiger partial charge on any atom is -0.385 e. The van der Waals surface area contributed by atoms with Gasteiger partial charge in [-0.25, -0.2) is 0 Å². The Morgan fingerprint density at radius 2 is 2.06 bits per heavy atom. The molecule has 1 amide bonds. The minimum atomic E-state index is -0.607. The molecule has 5 rings (SSSR count). The minimum absolute atomic E-state index is 0.295. The molecule has 2 N–H and O–H groups in total. The van der Waals surface area contributed by atoms with Crippen LogP contribution in [0.2, 0.25) is 0 Å².